The molecule has 0 atom stereocenters. The molecule has 1 rings (SSSR count). The molecule has 0 aliphatic rings. The molecule has 0 aromatic carbocycles. The fourth-order valence-corrected chi connectivity index (χ4v) is 0.992. The Morgan fingerprint density at radius 3 is 3.00 bits per heavy atom. The molecule has 1 aromatic rings. The van der Waals surface area contributed by atoms with E-state index in [4.69, 9.17) is 11.0 Å². The maximum Gasteiger partial charge on any atom is 0.134 e. The van der Waals surface area contributed by atoms with Gasteiger partial charge < -0.3 is 5.73 Å². The first-order chi connectivity index (χ1) is 6.13. The molecule has 0 radical (unpaired) electrons. The number of nitrogens with zero attached hydrogens (tertiary/aromatic N) is 2. The first kappa shape index (κ1) is 9.20. The molecular weight excluding hydrogens is 166 g/mol. The predicted molar refractivity (Wildman–Crippen MR) is 47.7 cm³/mol. The first-order valence-electron chi connectivity index (χ1n) is 3.77. The normalized spacial score (nSPS) is 9.23. The van der Waals surface area contributed by atoms with Crippen molar-refractivity contribution < 1.29 is 4.79 Å². The van der Waals surface area contributed by atoms with Gasteiger partial charge in [0.1, 0.15) is 17.7 Å². The number of anilines is 1. The van der Waals surface area contributed by atoms with Crippen LogP contribution in [0.1, 0.15) is 18.1 Å². The van der Waals surface area contributed by atoms with E-state index in [1.807, 2.05) is 6.07 Å². The van der Waals surface area contributed by atoms with Crippen molar-refractivity contribution in [2.24, 2.45) is 0 Å². The Labute approximate surface area is 76.0 Å². The van der Waals surface area contributed by atoms with Crippen LogP contribution in [0.25, 0.3) is 0 Å². The second-order valence-electron chi connectivity index (χ2n) is 2.76. The van der Waals surface area contributed by atoms with Crippen molar-refractivity contribution >= 4 is 11.6 Å². The minimum absolute atomic E-state index is 0.00332. The fraction of sp³-hybridized carbons (Fsp3) is 0.222. The summed E-state index contributed by atoms with van der Waals surface area (Å²) in [4.78, 5) is 14.6. The Kier molecular flexibility index (Phi) is 2.60. The lowest BCUT2D eigenvalue weighted by Crippen LogP contribution is -2.03. The van der Waals surface area contributed by atoms with Crippen molar-refractivity contribution in [1.29, 1.82) is 5.26 Å². The molecule has 0 aliphatic heterocycles. The van der Waals surface area contributed by atoms with Gasteiger partial charge in [0, 0.05) is 18.2 Å². The minimum Gasteiger partial charge on any atom is -0.383 e. The number of nitrogens with two attached hydrogens (primary N) is 1. The number of carbonyl (C=O) groups is 1. The fourth-order valence-electron chi connectivity index (χ4n) is 0.992. The molecule has 0 amide bonds. The number of rotatable bonds is 2. The highest BCUT2D eigenvalue weighted by molar-refractivity contribution is 5.79. The summed E-state index contributed by atoms with van der Waals surface area (Å²) in [6.07, 6.45) is 1.62. The Balaban J connectivity index is 3.05. The van der Waals surface area contributed by atoms with E-state index in [9.17, 15) is 4.79 Å². The molecule has 0 unspecified atom stereocenters. The molecule has 66 valence electrons. The third-order valence-corrected chi connectivity index (χ3v) is 1.57. The van der Waals surface area contributed by atoms with Crippen LogP contribution in [0.2, 0.25) is 0 Å². The maximum absolute atomic E-state index is 10.8. The number of nitriles is 1. The van der Waals surface area contributed by atoms with E-state index in [1.54, 1.807) is 6.07 Å². The summed E-state index contributed by atoms with van der Waals surface area (Å²) in [5, 5.41) is 8.57. The average Bonchev–Trinajstić information content (AvgIpc) is 2.08. The Morgan fingerprint density at radius 1 is 1.77 bits per heavy atom. The van der Waals surface area contributed by atoms with Gasteiger partial charge in [0.05, 0.1) is 5.56 Å². The largest absolute Gasteiger partial charge is 0.383 e. The van der Waals surface area contributed by atoms with Gasteiger partial charge in [-0.15, -0.1) is 0 Å². The van der Waals surface area contributed by atoms with Gasteiger partial charge in [-0.05, 0) is 13.0 Å². The van der Waals surface area contributed by atoms with Crippen LogP contribution < -0.4 is 5.73 Å². The second-order valence-corrected chi connectivity index (χ2v) is 2.76. The van der Waals surface area contributed by atoms with Crippen LogP contribution in [-0.2, 0) is 11.2 Å². The highest BCUT2D eigenvalue weighted by atomic mass is 16.1. The van der Waals surface area contributed by atoms with Crippen LogP contribution >= 0.6 is 0 Å². The summed E-state index contributed by atoms with van der Waals surface area (Å²) in [6.45, 7) is 1.47. The van der Waals surface area contributed by atoms with Crippen LogP contribution in [-0.4, -0.2) is 10.8 Å². The Bertz CT molecular complexity index is 379. The predicted octanol–water partition coefficient (Wildman–Crippen LogP) is 0.667. The smallest absolute Gasteiger partial charge is 0.134 e. The van der Waals surface area contributed by atoms with Crippen molar-refractivity contribution in [3.63, 3.8) is 0 Å². The third-order valence-electron chi connectivity index (χ3n) is 1.57. The number of pyridine rings is 1. The van der Waals surface area contributed by atoms with Crippen molar-refractivity contribution in [2.75, 3.05) is 5.73 Å². The average molecular weight is 175 g/mol. The van der Waals surface area contributed by atoms with E-state index in [1.165, 1.54) is 13.1 Å². The van der Waals surface area contributed by atoms with E-state index < -0.39 is 0 Å². The van der Waals surface area contributed by atoms with Crippen molar-refractivity contribution in [3.05, 3.63) is 23.4 Å². The number of hydrogen-bond donors (Lipinski definition) is 1. The van der Waals surface area contributed by atoms with Gasteiger partial charge in [-0.3, -0.25) is 4.79 Å². The molecule has 0 saturated carbocycles. The maximum atomic E-state index is 10.8. The molecule has 1 aromatic heterocycles. The highest BCUT2D eigenvalue weighted by Gasteiger charge is 2.04. The van der Waals surface area contributed by atoms with E-state index in [0.717, 1.165) is 0 Å². The quantitative estimate of drug-likeness (QED) is 0.716. The van der Waals surface area contributed by atoms with Crippen molar-refractivity contribution in [2.45, 2.75) is 13.3 Å². The topological polar surface area (TPSA) is 79.8 Å². The monoisotopic (exact) mass is 175 g/mol. The van der Waals surface area contributed by atoms with Crippen LogP contribution in [0.5, 0.6) is 0 Å². The molecule has 13 heavy (non-hydrogen) atoms. The van der Waals surface area contributed by atoms with Crippen molar-refractivity contribution in [1.82, 2.24) is 4.98 Å². The molecule has 0 spiro atoms. The van der Waals surface area contributed by atoms with E-state index in [2.05, 4.69) is 4.98 Å². The molecule has 0 aliphatic carbocycles. The summed E-state index contributed by atoms with van der Waals surface area (Å²) < 4.78 is 0. The standard InChI is InChI=1S/C9H9N3O/c1-6(13)2-8-3-7(4-10)5-12-9(8)11/h3,5H,2H2,1H3,(H2,11,12). The summed E-state index contributed by atoms with van der Waals surface area (Å²) >= 11 is 0. The highest BCUT2D eigenvalue weighted by Crippen LogP contribution is 2.11. The SMILES string of the molecule is CC(=O)Cc1cc(C#N)cnc1N. The number of nitrogen functional groups attached to an aromatic ring is 1. The zero-order valence-corrected chi connectivity index (χ0v) is 7.24. The molecule has 4 heteroatoms. The van der Waals surface area contributed by atoms with Gasteiger partial charge in [0.15, 0.2) is 0 Å². The van der Waals surface area contributed by atoms with Gasteiger partial charge in [0.25, 0.3) is 0 Å². The van der Waals surface area contributed by atoms with Crippen LogP contribution in [0.15, 0.2) is 12.3 Å². The lowest BCUT2D eigenvalue weighted by Gasteiger charge is -2.01. The third kappa shape index (κ3) is 2.27. The Morgan fingerprint density at radius 2 is 2.46 bits per heavy atom. The number of ketones is 1. The van der Waals surface area contributed by atoms with Gasteiger partial charge >= 0.3 is 0 Å². The molecule has 0 saturated heterocycles. The number of hydrogen-bond acceptors (Lipinski definition) is 4. The number of aromatic nitrogens is 1. The van der Waals surface area contributed by atoms with E-state index >= 15 is 0 Å². The first-order valence-corrected chi connectivity index (χ1v) is 3.77. The molecule has 4 nitrogen and oxygen atoms in total. The number of Topliss-reactive ketones (excluding diaryl/α,β-unsaturated/α-hetero) is 1. The summed E-state index contributed by atoms with van der Waals surface area (Å²) in [5.41, 5.74) is 6.56. The van der Waals surface area contributed by atoms with Crippen LogP contribution in [0.3, 0.4) is 0 Å². The summed E-state index contributed by atoms with van der Waals surface area (Å²) in [7, 11) is 0. The van der Waals surface area contributed by atoms with E-state index in [0.29, 0.717) is 16.9 Å². The molecule has 2 N–H and O–H groups in total. The van der Waals surface area contributed by atoms with Crippen LogP contribution in [0, 0.1) is 11.3 Å². The van der Waals surface area contributed by atoms with E-state index in [-0.39, 0.29) is 12.2 Å². The second kappa shape index (κ2) is 3.68. The van der Waals surface area contributed by atoms with Crippen LogP contribution in [0.4, 0.5) is 5.82 Å². The zero-order chi connectivity index (χ0) is 9.84. The minimum atomic E-state index is 0.00332. The van der Waals surface area contributed by atoms with Gasteiger partial charge in [-0.25, -0.2) is 4.98 Å². The van der Waals surface area contributed by atoms with Gasteiger partial charge in [-0.1, -0.05) is 0 Å². The lowest BCUT2D eigenvalue weighted by atomic mass is 10.1. The zero-order valence-electron chi connectivity index (χ0n) is 7.24. The molecule has 0 bridgehead atoms. The van der Waals surface area contributed by atoms with Crippen molar-refractivity contribution in [3.8, 4) is 6.07 Å². The summed E-state index contributed by atoms with van der Waals surface area (Å²) in [5.74, 6) is 0.317. The summed E-state index contributed by atoms with van der Waals surface area (Å²) in [6, 6.07) is 3.53. The van der Waals surface area contributed by atoms with Gasteiger partial charge in [0.2, 0.25) is 0 Å². The lowest BCUT2D eigenvalue weighted by molar-refractivity contribution is -0.116. The Hall–Kier alpha value is -1.89. The number of carbonyl (C=O) groups excluding carboxylic acids is 1. The molecular formula is C9H9N3O. The molecule has 0 fully saturated rings. The van der Waals surface area contributed by atoms with Gasteiger partial charge in [-0.2, -0.15) is 5.26 Å². The molecule has 1 heterocycles.